The number of nitrogens with zero attached hydrogens (tertiary/aromatic N) is 1. The third kappa shape index (κ3) is 3.36. The minimum atomic E-state index is 0.518. The van der Waals surface area contributed by atoms with E-state index in [0.717, 1.165) is 6.54 Å². The van der Waals surface area contributed by atoms with Crippen molar-refractivity contribution < 1.29 is 0 Å². The highest BCUT2D eigenvalue weighted by molar-refractivity contribution is 6.05. The zero-order chi connectivity index (χ0) is 16.4. The molecule has 0 saturated heterocycles. The molecule has 124 valence electrons. The van der Waals surface area contributed by atoms with E-state index in [9.17, 15) is 0 Å². The van der Waals surface area contributed by atoms with Gasteiger partial charge in [0.2, 0.25) is 0 Å². The van der Waals surface area contributed by atoms with Crippen LogP contribution in [0, 0.1) is 5.92 Å². The summed E-state index contributed by atoms with van der Waals surface area (Å²) >= 11 is 0. The molecule has 0 aromatic heterocycles. The molecule has 23 heavy (non-hydrogen) atoms. The SMILES string of the molecule is CC(C)c1cccc(C(C)C)c1NC1=CCCC2CCCN=C12. The number of aliphatic imine (C=N–C) groups is 1. The first-order chi connectivity index (χ1) is 11.1. The highest BCUT2D eigenvalue weighted by Crippen LogP contribution is 2.36. The number of allylic oxidation sites excluding steroid dienone is 2. The van der Waals surface area contributed by atoms with Gasteiger partial charge in [0.25, 0.3) is 0 Å². The van der Waals surface area contributed by atoms with Crippen LogP contribution in [0.25, 0.3) is 0 Å². The quantitative estimate of drug-likeness (QED) is 0.738. The van der Waals surface area contributed by atoms with E-state index < -0.39 is 0 Å². The summed E-state index contributed by atoms with van der Waals surface area (Å²) in [5.41, 5.74) is 6.75. The first kappa shape index (κ1) is 16.3. The zero-order valence-corrected chi connectivity index (χ0v) is 15.0. The standard InChI is InChI=1S/C21H30N2/c1-14(2)17-10-6-11-18(15(3)4)21(17)23-19-12-5-8-16-9-7-13-22-20(16)19/h6,10-12,14-16,23H,5,7-9,13H2,1-4H3. The first-order valence-electron chi connectivity index (χ1n) is 9.22. The first-order valence-corrected chi connectivity index (χ1v) is 9.22. The van der Waals surface area contributed by atoms with Gasteiger partial charge in [0, 0.05) is 18.2 Å². The average Bonchev–Trinajstić information content (AvgIpc) is 2.55. The largest absolute Gasteiger partial charge is 0.354 e. The van der Waals surface area contributed by atoms with Crippen molar-refractivity contribution in [1.82, 2.24) is 0 Å². The molecule has 1 aliphatic carbocycles. The van der Waals surface area contributed by atoms with Crippen LogP contribution in [-0.4, -0.2) is 12.3 Å². The van der Waals surface area contributed by atoms with E-state index in [1.807, 2.05) is 0 Å². The lowest BCUT2D eigenvalue weighted by Gasteiger charge is -2.30. The molecule has 2 nitrogen and oxygen atoms in total. The number of anilines is 1. The third-order valence-corrected chi connectivity index (χ3v) is 5.15. The summed E-state index contributed by atoms with van der Waals surface area (Å²) in [5, 5.41) is 3.81. The topological polar surface area (TPSA) is 24.4 Å². The third-order valence-electron chi connectivity index (χ3n) is 5.15. The summed E-state index contributed by atoms with van der Waals surface area (Å²) < 4.78 is 0. The summed E-state index contributed by atoms with van der Waals surface area (Å²) in [5.74, 6) is 1.71. The van der Waals surface area contributed by atoms with Crippen molar-refractivity contribution in [1.29, 1.82) is 0 Å². The van der Waals surface area contributed by atoms with Crippen LogP contribution in [0.3, 0.4) is 0 Å². The van der Waals surface area contributed by atoms with Crippen LogP contribution in [-0.2, 0) is 0 Å². The summed E-state index contributed by atoms with van der Waals surface area (Å²) in [6, 6.07) is 6.73. The Morgan fingerprint density at radius 2 is 1.74 bits per heavy atom. The normalized spacial score (nSPS) is 21.0. The summed E-state index contributed by atoms with van der Waals surface area (Å²) in [7, 11) is 0. The van der Waals surface area contributed by atoms with Gasteiger partial charge in [0.1, 0.15) is 0 Å². The number of para-hydroxylation sites is 1. The molecule has 1 N–H and O–H groups in total. The number of rotatable bonds is 4. The van der Waals surface area contributed by atoms with Crippen molar-refractivity contribution in [3.8, 4) is 0 Å². The Balaban J connectivity index is 1.99. The minimum Gasteiger partial charge on any atom is -0.354 e. The number of hydrogen-bond acceptors (Lipinski definition) is 2. The monoisotopic (exact) mass is 310 g/mol. The lowest BCUT2D eigenvalue weighted by molar-refractivity contribution is 0.527. The minimum absolute atomic E-state index is 0.518. The molecule has 0 saturated carbocycles. The molecule has 0 amide bonds. The Bertz CT molecular complexity index is 596. The molecule has 1 aromatic rings. The Morgan fingerprint density at radius 1 is 1.04 bits per heavy atom. The predicted molar refractivity (Wildman–Crippen MR) is 101 cm³/mol. The number of nitrogens with one attached hydrogen (secondary N) is 1. The summed E-state index contributed by atoms with van der Waals surface area (Å²) in [6.45, 7) is 10.1. The van der Waals surface area contributed by atoms with E-state index in [-0.39, 0.29) is 0 Å². The molecule has 0 radical (unpaired) electrons. The fraction of sp³-hybridized carbons (Fsp3) is 0.571. The fourth-order valence-corrected chi connectivity index (χ4v) is 3.87. The van der Waals surface area contributed by atoms with Crippen LogP contribution < -0.4 is 5.32 Å². The second kappa shape index (κ2) is 6.90. The maximum Gasteiger partial charge on any atom is 0.0610 e. The second-order valence-corrected chi connectivity index (χ2v) is 7.55. The van der Waals surface area contributed by atoms with Gasteiger partial charge in [0.15, 0.2) is 0 Å². The summed E-state index contributed by atoms with van der Waals surface area (Å²) in [4.78, 5) is 4.86. The van der Waals surface area contributed by atoms with Gasteiger partial charge in [-0.3, -0.25) is 4.99 Å². The van der Waals surface area contributed by atoms with E-state index in [1.165, 1.54) is 53.9 Å². The van der Waals surface area contributed by atoms with Crippen molar-refractivity contribution in [3.63, 3.8) is 0 Å². The molecular formula is C21H30N2. The van der Waals surface area contributed by atoms with Gasteiger partial charge in [-0.15, -0.1) is 0 Å². The highest BCUT2D eigenvalue weighted by atomic mass is 14.9. The Morgan fingerprint density at radius 3 is 2.39 bits per heavy atom. The molecule has 3 rings (SSSR count). The lowest BCUT2D eigenvalue weighted by atomic mass is 9.84. The van der Waals surface area contributed by atoms with Crippen LogP contribution in [0.2, 0.25) is 0 Å². The molecule has 1 aliphatic heterocycles. The van der Waals surface area contributed by atoms with Crippen LogP contribution in [0.15, 0.2) is 35.0 Å². The molecule has 1 unspecified atom stereocenters. The van der Waals surface area contributed by atoms with Gasteiger partial charge in [-0.2, -0.15) is 0 Å². The van der Waals surface area contributed by atoms with Crippen molar-refractivity contribution >= 4 is 11.4 Å². The van der Waals surface area contributed by atoms with Crippen LogP contribution in [0.4, 0.5) is 5.69 Å². The average molecular weight is 310 g/mol. The van der Waals surface area contributed by atoms with Crippen molar-refractivity contribution in [2.45, 2.75) is 65.2 Å². The molecule has 2 heteroatoms. The van der Waals surface area contributed by atoms with Crippen LogP contribution in [0.1, 0.15) is 76.3 Å². The van der Waals surface area contributed by atoms with E-state index >= 15 is 0 Å². The van der Waals surface area contributed by atoms with E-state index in [0.29, 0.717) is 17.8 Å². The number of hydrogen-bond donors (Lipinski definition) is 1. The van der Waals surface area contributed by atoms with Gasteiger partial charge < -0.3 is 5.32 Å². The number of benzene rings is 1. The van der Waals surface area contributed by atoms with E-state index in [2.05, 4.69) is 57.3 Å². The molecule has 1 aromatic carbocycles. The molecule has 0 bridgehead atoms. The Labute approximate surface area is 141 Å². The second-order valence-electron chi connectivity index (χ2n) is 7.55. The van der Waals surface area contributed by atoms with E-state index in [4.69, 9.17) is 4.99 Å². The lowest BCUT2D eigenvalue weighted by Crippen LogP contribution is -2.28. The summed E-state index contributed by atoms with van der Waals surface area (Å²) in [6.07, 6.45) is 7.36. The maximum absolute atomic E-state index is 4.86. The molecule has 2 aliphatic rings. The van der Waals surface area contributed by atoms with Crippen molar-refractivity contribution in [2.75, 3.05) is 11.9 Å². The number of fused-ring (bicyclic) bond motifs is 1. The Hall–Kier alpha value is -1.57. The Kier molecular flexibility index (Phi) is 4.89. The predicted octanol–water partition coefficient (Wildman–Crippen LogP) is 5.87. The van der Waals surface area contributed by atoms with Crippen LogP contribution in [0.5, 0.6) is 0 Å². The van der Waals surface area contributed by atoms with Gasteiger partial charge in [0.05, 0.1) is 11.4 Å². The smallest absolute Gasteiger partial charge is 0.0610 e. The molecule has 1 atom stereocenters. The maximum atomic E-state index is 4.86. The van der Waals surface area contributed by atoms with Gasteiger partial charge in [-0.25, -0.2) is 0 Å². The molecule has 0 spiro atoms. The van der Waals surface area contributed by atoms with Crippen molar-refractivity contribution in [2.24, 2.45) is 10.9 Å². The molecule has 0 fully saturated rings. The fourth-order valence-electron chi connectivity index (χ4n) is 3.87. The zero-order valence-electron chi connectivity index (χ0n) is 15.0. The molecule has 1 heterocycles. The van der Waals surface area contributed by atoms with Gasteiger partial charge in [-0.1, -0.05) is 52.0 Å². The highest BCUT2D eigenvalue weighted by Gasteiger charge is 2.26. The molecular weight excluding hydrogens is 280 g/mol. The van der Waals surface area contributed by atoms with Gasteiger partial charge in [-0.05, 0) is 48.6 Å². The van der Waals surface area contributed by atoms with Gasteiger partial charge >= 0.3 is 0 Å². The van der Waals surface area contributed by atoms with Crippen LogP contribution >= 0.6 is 0 Å². The van der Waals surface area contributed by atoms with Crippen molar-refractivity contribution in [3.05, 3.63) is 41.1 Å². The van der Waals surface area contributed by atoms with E-state index in [1.54, 1.807) is 0 Å².